The predicted molar refractivity (Wildman–Crippen MR) is 134 cm³/mol. The van der Waals surface area contributed by atoms with Gasteiger partial charge in [-0.05, 0) is 51.1 Å². The molecule has 1 fully saturated rings. The molecule has 10 heteroatoms. The van der Waals surface area contributed by atoms with Crippen LogP contribution >= 0.6 is 0 Å². The van der Waals surface area contributed by atoms with Crippen LogP contribution in [0, 0.1) is 0 Å². The molecule has 4 heterocycles. The molecular formula is C25H29N7O3. The zero-order valence-corrected chi connectivity index (χ0v) is 20.1. The van der Waals surface area contributed by atoms with Gasteiger partial charge in [-0.15, -0.1) is 0 Å². The number of hydrogen-bond donors (Lipinski definition) is 2. The van der Waals surface area contributed by atoms with Gasteiger partial charge >= 0.3 is 6.09 Å². The van der Waals surface area contributed by atoms with E-state index < -0.39 is 5.60 Å². The van der Waals surface area contributed by atoms with Crippen molar-refractivity contribution in [3.8, 4) is 11.1 Å². The number of amides is 2. The minimum Gasteiger partial charge on any atom is -0.444 e. The third kappa shape index (κ3) is 6.03. The lowest BCUT2D eigenvalue weighted by Crippen LogP contribution is -2.50. The molecule has 1 aliphatic heterocycles. The van der Waals surface area contributed by atoms with E-state index in [-0.39, 0.29) is 23.4 Å². The maximum atomic E-state index is 12.7. The first-order valence-electron chi connectivity index (χ1n) is 11.4. The Hall–Kier alpha value is -4.21. The number of carbonyl (C=O) groups is 2. The van der Waals surface area contributed by atoms with Gasteiger partial charge in [0, 0.05) is 67.8 Å². The molecule has 0 spiro atoms. The summed E-state index contributed by atoms with van der Waals surface area (Å²) in [6.45, 7) is 8.04. The zero-order chi connectivity index (χ0) is 25.0. The lowest BCUT2D eigenvalue weighted by Gasteiger charge is -2.36. The zero-order valence-electron chi connectivity index (χ0n) is 20.1. The average Bonchev–Trinajstić information content (AvgIpc) is 2.84. The fourth-order valence-corrected chi connectivity index (χ4v) is 3.64. The van der Waals surface area contributed by atoms with Crippen LogP contribution in [0.25, 0.3) is 11.1 Å². The van der Waals surface area contributed by atoms with Crippen molar-refractivity contribution in [3.05, 3.63) is 60.7 Å². The van der Waals surface area contributed by atoms with Gasteiger partial charge in [-0.3, -0.25) is 9.78 Å². The van der Waals surface area contributed by atoms with Crippen LogP contribution in [0.1, 0.15) is 31.1 Å². The highest BCUT2D eigenvalue weighted by molar-refractivity contribution is 6.07. The van der Waals surface area contributed by atoms with Gasteiger partial charge in [0.15, 0.2) is 0 Å². The second-order valence-corrected chi connectivity index (χ2v) is 9.21. The third-order valence-electron chi connectivity index (χ3n) is 5.44. The molecule has 0 aromatic carbocycles. The Bertz CT molecular complexity index is 1190. The molecule has 3 N–H and O–H groups in total. The quantitative estimate of drug-likeness (QED) is 0.588. The summed E-state index contributed by atoms with van der Waals surface area (Å²) in [5.74, 6) is 0.611. The molecule has 0 aliphatic carbocycles. The number of nitrogen functional groups attached to an aromatic ring is 1. The van der Waals surface area contributed by atoms with Crippen LogP contribution in [-0.4, -0.2) is 63.6 Å². The second-order valence-electron chi connectivity index (χ2n) is 9.21. The Morgan fingerprint density at radius 1 is 0.971 bits per heavy atom. The first-order valence-corrected chi connectivity index (χ1v) is 11.4. The number of rotatable bonds is 4. The number of nitrogens with one attached hydrogen (secondary N) is 1. The van der Waals surface area contributed by atoms with Crippen LogP contribution in [0.2, 0.25) is 0 Å². The lowest BCUT2D eigenvalue weighted by atomic mass is 10.1. The van der Waals surface area contributed by atoms with Gasteiger partial charge in [0.2, 0.25) is 0 Å². The third-order valence-corrected chi connectivity index (χ3v) is 5.44. The summed E-state index contributed by atoms with van der Waals surface area (Å²) in [6.07, 6.45) is 6.26. The predicted octanol–water partition coefficient (Wildman–Crippen LogP) is 3.43. The molecule has 3 aromatic rings. The van der Waals surface area contributed by atoms with Gasteiger partial charge in [0.1, 0.15) is 17.2 Å². The molecule has 0 atom stereocenters. The number of nitrogens with two attached hydrogens (primary N) is 1. The summed E-state index contributed by atoms with van der Waals surface area (Å²) in [5.41, 5.74) is 7.89. The van der Waals surface area contributed by atoms with Crippen molar-refractivity contribution < 1.29 is 14.3 Å². The number of piperazine rings is 1. The monoisotopic (exact) mass is 475 g/mol. The highest BCUT2D eigenvalue weighted by atomic mass is 16.6. The van der Waals surface area contributed by atoms with Crippen molar-refractivity contribution >= 4 is 29.3 Å². The van der Waals surface area contributed by atoms with E-state index in [9.17, 15) is 9.59 Å². The molecule has 0 unspecified atom stereocenters. The molecule has 0 saturated carbocycles. The molecule has 35 heavy (non-hydrogen) atoms. The van der Waals surface area contributed by atoms with E-state index in [0.29, 0.717) is 31.9 Å². The summed E-state index contributed by atoms with van der Waals surface area (Å²) in [4.78, 5) is 41.6. The first-order chi connectivity index (χ1) is 16.7. The van der Waals surface area contributed by atoms with Gasteiger partial charge in [-0.25, -0.2) is 14.8 Å². The molecule has 0 bridgehead atoms. The standard InChI is InChI=1S/C25H29N7O3/c1-25(2,3)35-24(34)32-12-10-31(11-13-32)21-5-4-17(15-28-21)18-14-20(22(26)29-16-18)23(33)30-19-6-8-27-9-7-19/h4-9,14-16H,10-13H2,1-3H3,(H2,26,29)(H,27,30,33). The largest absolute Gasteiger partial charge is 0.444 e. The number of ether oxygens (including phenoxy) is 1. The van der Waals surface area contributed by atoms with Crippen molar-refractivity contribution in [2.24, 2.45) is 0 Å². The summed E-state index contributed by atoms with van der Waals surface area (Å²) >= 11 is 0. The summed E-state index contributed by atoms with van der Waals surface area (Å²) in [7, 11) is 0. The van der Waals surface area contributed by atoms with Crippen molar-refractivity contribution in [1.29, 1.82) is 0 Å². The summed E-state index contributed by atoms with van der Waals surface area (Å²) in [6, 6.07) is 8.95. The highest BCUT2D eigenvalue weighted by Gasteiger charge is 2.26. The van der Waals surface area contributed by atoms with Crippen LogP contribution in [0.5, 0.6) is 0 Å². The molecule has 0 radical (unpaired) electrons. The molecule has 182 valence electrons. The molecule has 4 rings (SSSR count). The Morgan fingerprint density at radius 2 is 1.66 bits per heavy atom. The van der Waals surface area contributed by atoms with E-state index in [2.05, 4.69) is 25.2 Å². The van der Waals surface area contributed by atoms with Gasteiger partial charge < -0.3 is 25.6 Å². The number of aromatic nitrogens is 3. The van der Waals surface area contributed by atoms with E-state index >= 15 is 0 Å². The van der Waals surface area contributed by atoms with E-state index in [1.807, 2.05) is 32.9 Å². The number of carbonyl (C=O) groups excluding carboxylic acids is 2. The average molecular weight is 476 g/mol. The lowest BCUT2D eigenvalue weighted by molar-refractivity contribution is 0.0240. The smallest absolute Gasteiger partial charge is 0.410 e. The first kappa shape index (κ1) is 23.9. The maximum absolute atomic E-state index is 12.7. The van der Waals surface area contributed by atoms with Crippen LogP contribution in [0.15, 0.2) is 55.1 Å². The number of anilines is 3. The minimum atomic E-state index is -0.512. The van der Waals surface area contributed by atoms with Crippen LogP contribution in [-0.2, 0) is 4.74 Å². The van der Waals surface area contributed by atoms with Crippen LogP contribution in [0.3, 0.4) is 0 Å². The number of hydrogen-bond acceptors (Lipinski definition) is 8. The molecule has 10 nitrogen and oxygen atoms in total. The van der Waals surface area contributed by atoms with Gasteiger partial charge in [0.05, 0.1) is 5.56 Å². The van der Waals surface area contributed by atoms with Crippen molar-refractivity contribution in [3.63, 3.8) is 0 Å². The van der Waals surface area contributed by atoms with Gasteiger partial charge in [-0.2, -0.15) is 0 Å². The topological polar surface area (TPSA) is 127 Å². The Morgan fingerprint density at radius 3 is 2.29 bits per heavy atom. The number of pyridine rings is 3. The van der Waals surface area contributed by atoms with E-state index in [0.717, 1.165) is 16.9 Å². The van der Waals surface area contributed by atoms with Crippen molar-refractivity contribution in [1.82, 2.24) is 19.9 Å². The fraction of sp³-hybridized carbons (Fsp3) is 0.320. The Balaban J connectivity index is 1.41. The molecule has 1 aliphatic rings. The van der Waals surface area contributed by atoms with E-state index in [1.165, 1.54) is 0 Å². The van der Waals surface area contributed by atoms with Crippen molar-refractivity contribution in [2.75, 3.05) is 42.1 Å². The normalized spacial score (nSPS) is 13.9. The van der Waals surface area contributed by atoms with Crippen LogP contribution < -0.4 is 16.0 Å². The summed E-state index contributed by atoms with van der Waals surface area (Å²) < 4.78 is 5.46. The number of nitrogens with zero attached hydrogens (tertiary/aromatic N) is 5. The Kier molecular flexibility index (Phi) is 6.81. The van der Waals surface area contributed by atoms with Crippen molar-refractivity contribution in [2.45, 2.75) is 26.4 Å². The maximum Gasteiger partial charge on any atom is 0.410 e. The SMILES string of the molecule is CC(C)(C)OC(=O)N1CCN(c2ccc(-c3cnc(N)c(C(=O)Nc4ccncc4)c3)cn2)CC1. The Labute approximate surface area is 204 Å². The van der Waals surface area contributed by atoms with E-state index in [1.54, 1.807) is 47.9 Å². The molecule has 3 aromatic heterocycles. The van der Waals surface area contributed by atoms with E-state index in [4.69, 9.17) is 10.5 Å². The minimum absolute atomic E-state index is 0.146. The molecule has 2 amide bonds. The highest BCUT2D eigenvalue weighted by Crippen LogP contribution is 2.24. The van der Waals surface area contributed by atoms with Gasteiger partial charge in [0.25, 0.3) is 5.91 Å². The summed E-state index contributed by atoms with van der Waals surface area (Å²) in [5, 5.41) is 2.80. The molecular weight excluding hydrogens is 446 g/mol. The second kappa shape index (κ2) is 9.96. The van der Waals surface area contributed by atoms with Crippen LogP contribution in [0.4, 0.5) is 22.1 Å². The molecule has 1 saturated heterocycles. The van der Waals surface area contributed by atoms with Gasteiger partial charge in [-0.1, -0.05) is 0 Å². The fourth-order valence-electron chi connectivity index (χ4n) is 3.64.